The van der Waals surface area contributed by atoms with E-state index in [1.54, 1.807) is 6.20 Å². The Labute approximate surface area is 64.2 Å². The molecule has 0 radical (unpaired) electrons. The fourth-order valence-corrected chi connectivity index (χ4v) is 0.377. The van der Waals surface area contributed by atoms with E-state index in [-0.39, 0.29) is 7.43 Å². The molecule has 0 amide bonds. The van der Waals surface area contributed by atoms with Crippen LogP contribution in [0, 0.1) is 0 Å². The second-order valence-corrected chi connectivity index (χ2v) is 1.61. The molecule has 58 valence electrons. The number of hydrogen-bond acceptors (Lipinski definition) is 1. The molecule has 0 spiro atoms. The first-order valence-corrected chi connectivity index (χ1v) is 3.21. The summed E-state index contributed by atoms with van der Waals surface area (Å²) in [5.74, 6) is 0. The quantitative estimate of drug-likeness (QED) is 0.420. The third kappa shape index (κ3) is 10.2. The predicted molar refractivity (Wildman–Crippen MR) is 49.5 cm³/mol. The number of allylic oxidation sites excluding steroid dienone is 3. The Morgan fingerprint density at radius 3 is 2.50 bits per heavy atom. The molecule has 0 saturated carbocycles. The summed E-state index contributed by atoms with van der Waals surface area (Å²) >= 11 is 0. The van der Waals surface area contributed by atoms with Crippen molar-refractivity contribution in [3.63, 3.8) is 0 Å². The van der Waals surface area contributed by atoms with Crippen molar-refractivity contribution in [1.29, 1.82) is 0 Å². The van der Waals surface area contributed by atoms with Gasteiger partial charge in [0.15, 0.2) is 0 Å². The van der Waals surface area contributed by atoms with Gasteiger partial charge >= 0.3 is 0 Å². The first-order chi connectivity index (χ1) is 4.41. The summed E-state index contributed by atoms with van der Waals surface area (Å²) in [4.78, 5) is 3.97. The number of aliphatic imine (C=N–C) groups is 1. The summed E-state index contributed by atoms with van der Waals surface area (Å²) in [6.07, 6.45) is 10.5. The van der Waals surface area contributed by atoms with Crippen LogP contribution >= 0.6 is 0 Å². The van der Waals surface area contributed by atoms with E-state index in [0.29, 0.717) is 0 Å². The molecular formula is C9H17N. The highest BCUT2D eigenvalue weighted by atomic mass is 14.7. The maximum absolute atomic E-state index is 3.97. The average molecular weight is 139 g/mol. The highest BCUT2D eigenvalue weighted by Gasteiger charge is 1.60. The van der Waals surface area contributed by atoms with Crippen molar-refractivity contribution in [2.45, 2.75) is 27.7 Å². The maximum atomic E-state index is 3.97. The van der Waals surface area contributed by atoms with Gasteiger partial charge in [0, 0.05) is 12.4 Å². The first kappa shape index (κ1) is 11.9. The van der Waals surface area contributed by atoms with Gasteiger partial charge in [-0.2, -0.15) is 0 Å². The molecule has 10 heavy (non-hydrogen) atoms. The molecule has 0 heterocycles. The van der Waals surface area contributed by atoms with Crippen LogP contribution in [0.4, 0.5) is 0 Å². The van der Waals surface area contributed by atoms with E-state index in [4.69, 9.17) is 0 Å². The number of rotatable bonds is 3. The zero-order chi connectivity index (χ0) is 6.95. The molecule has 0 rings (SSSR count). The van der Waals surface area contributed by atoms with Gasteiger partial charge < -0.3 is 0 Å². The minimum Gasteiger partial charge on any atom is -0.269 e. The van der Waals surface area contributed by atoms with Crippen molar-refractivity contribution in [3.05, 3.63) is 24.4 Å². The smallest absolute Gasteiger partial charge is 0.0263 e. The second-order valence-electron chi connectivity index (χ2n) is 1.61. The van der Waals surface area contributed by atoms with E-state index < -0.39 is 0 Å². The lowest BCUT2D eigenvalue weighted by molar-refractivity contribution is 1.31. The monoisotopic (exact) mass is 139 g/mol. The van der Waals surface area contributed by atoms with Crippen LogP contribution in [-0.2, 0) is 0 Å². The highest BCUT2D eigenvalue weighted by Crippen LogP contribution is 1.77. The summed E-state index contributed by atoms with van der Waals surface area (Å²) in [6.45, 7) is 4.04. The molecule has 1 nitrogen and oxygen atoms in total. The van der Waals surface area contributed by atoms with Crippen LogP contribution < -0.4 is 0 Å². The molecule has 1 heteroatoms. The normalized spacial score (nSPS) is 11.4. The van der Waals surface area contributed by atoms with Crippen molar-refractivity contribution >= 4 is 6.21 Å². The zero-order valence-electron chi connectivity index (χ0n) is 6.04. The second kappa shape index (κ2) is 11.0. The van der Waals surface area contributed by atoms with Gasteiger partial charge in [0.05, 0.1) is 0 Å². The Hall–Kier alpha value is -0.850. The first-order valence-electron chi connectivity index (χ1n) is 3.21. The van der Waals surface area contributed by atoms with Crippen molar-refractivity contribution in [3.8, 4) is 0 Å². The van der Waals surface area contributed by atoms with E-state index in [1.807, 2.05) is 31.4 Å². The van der Waals surface area contributed by atoms with Gasteiger partial charge in [-0.3, -0.25) is 4.99 Å². The highest BCUT2D eigenvalue weighted by molar-refractivity contribution is 5.57. The predicted octanol–water partition coefficient (Wildman–Crippen LogP) is 3.19. The maximum Gasteiger partial charge on any atom is 0.0263 e. The molecule has 0 N–H and O–H groups in total. The Balaban J connectivity index is 0. The lowest BCUT2D eigenvalue weighted by atomic mass is 10.5. The molecule has 0 fully saturated rings. The fraction of sp³-hybridized carbons (Fsp3) is 0.444. The fourth-order valence-electron chi connectivity index (χ4n) is 0.377. The Morgan fingerprint density at radius 1 is 1.30 bits per heavy atom. The van der Waals surface area contributed by atoms with Crippen LogP contribution in [0.3, 0.4) is 0 Å². The molecule has 0 aliphatic carbocycles. The summed E-state index contributed by atoms with van der Waals surface area (Å²) < 4.78 is 0. The van der Waals surface area contributed by atoms with E-state index >= 15 is 0 Å². The van der Waals surface area contributed by atoms with Crippen LogP contribution in [0.25, 0.3) is 0 Å². The van der Waals surface area contributed by atoms with Gasteiger partial charge in [-0.25, -0.2) is 0 Å². The Morgan fingerprint density at radius 2 is 2.00 bits per heavy atom. The lowest BCUT2D eigenvalue weighted by Gasteiger charge is -1.73. The molecule has 0 aromatic rings. The molecule has 0 aliphatic heterocycles. The molecule has 0 bridgehead atoms. The molecule has 0 saturated heterocycles. The Bertz CT molecular complexity index is 121. The van der Waals surface area contributed by atoms with Gasteiger partial charge in [0.1, 0.15) is 0 Å². The topological polar surface area (TPSA) is 12.4 Å². The van der Waals surface area contributed by atoms with Crippen LogP contribution in [-0.4, -0.2) is 6.21 Å². The van der Waals surface area contributed by atoms with E-state index in [2.05, 4.69) is 11.9 Å². The largest absolute Gasteiger partial charge is 0.269 e. The SMILES string of the molecule is C.C/C=C\C=C/N=CCC. The van der Waals surface area contributed by atoms with Gasteiger partial charge in [-0.1, -0.05) is 26.5 Å². The van der Waals surface area contributed by atoms with Gasteiger partial charge in [0.2, 0.25) is 0 Å². The molecule has 0 atom stereocenters. The molecular weight excluding hydrogens is 122 g/mol. The van der Waals surface area contributed by atoms with Gasteiger partial charge in [-0.15, -0.1) is 0 Å². The minimum absolute atomic E-state index is 0. The van der Waals surface area contributed by atoms with Gasteiger partial charge in [-0.05, 0) is 19.4 Å². The third-order valence-corrected chi connectivity index (χ3v) is 0.764. The van der Waals surface area contributed by atoms with E-state index in [9.17, 15) is 0 Å². The molecule has 0 aliphatic rings. The summed E-state index contributed by atoms with van der Waals surface area (Å²) in [5.41, 5.74) is 0. The molecule has 0 aromatic heterocycles. The number of nitrogens with zero attached hydrogens (tertiary/aromatic N) is 1. The van der Waals surface area contributed by atoms with Crippen molar-refractivity contribution < 1.29 is 0 Å². The standard InChI is InChI=1S/C8H13N.CH4/c1-3-5-6-8-9-7-4-2;/h3,5-8H,4H2,1-2H3;1H4/b5-3-,8-6-,9-7?;. The summed E-state index contributed by atoms with van der Waals surface area (Å²) in [6, 6.07) is 0. The van der Waals surface area contributed by atoms with Crippen LogP contribution in [0.5, 0.6) is 0 Å². The zero-order valence-corrected chi connectivity index (χ0v) is 6.04. The molecule has 0 unspecified atom stereocenters. The van der Waals surface area contributed by atoms with E-state index in [0.717, 1.165) is 6.42 Å². The van der Waals surface area contributed by atoms with E-state index in [1.165, 1.54) is 0 Å². The van der Waals surface area contributed by atoms with Crippen LogP contribution in [0.2, 0.25) is 0 Å². The van der Waals surface area contributed by atoms with Crippen molar-refractivity contribution in [1.82, 2.24) is 0 Å². The lowest BCUT2D eigenvalue weighted by Crippen LogP contribution is -1.61. The average Bonchev–Trinajstić information content (AvgIpc) is 1.89. The minimum atomic E-state index is 0. The van der Waals surface area contributed by atoms with Crippen molar-refractivity contribution in [2.24, 2.45) is 4.99 Å². The van der Waals surface area contributed by atoms with Crippen molar-refractivity contribution in [2.75, 3.05) is 0 Å². The summed E-state index contributed by atoms with van der Waals surface area (Å²) in [7, 11) is 0. The van der Waals surface area contributed by atoms with Gasteiger partial charge in [0.25, 0.3) is 0 Å². The molecule has 0 aromatic carbocycles. The Kier molecular flexibility index (Phi) is 13.1. The third-order valence-electron chi connectivity index (χ3n) is 0.764. The number of hydrogen-bond donors (Lipinski definition) is 0. The van der Waals surface area contributed by atoms with Crippen LogP contribution in [0.1, 0.15) is 27.7 Å². The summed E-state index contributed by atoms with van der Waals surface area (Å²) in [5, 5.41) is 0. The van der Waals surface area contributed by atoms with Crippen LogP contribution in [0.15, 0.2) is 29.4 Å².